The third-order valence-corrected chi connectivity index (χ3v) is 3.88. The molecule has 0 spiro atoms. The van der Waals surface area contributed by atoms with Gasteiger partial charge in [0.15, 0.2) is 0 Å². The number of nitrogens with zero attached hydrogens (tertiary/aromatic N) is 1. The van der Waals surface area contributed by atoms with Gasteiger partial charge in [-0.3, -0.25) is 4.79 Å². The van der Waals surface area contributed by atoms with Gasteiger partial charge in [-0.25, -0.2) is 4.98 Å². The van der Waals surface area contributed by atoms with Crippen LogP contribution in [-0.4, -0.2) is 24.0 Å². The van der Waals surface area contributed by atoms with Crippen LogP contribution in [0.4, 0.5) is 0 Å². The summed E-state index contributed by atoms with van der Waals surface area (Å²) in [4.78, 5) is 15.9. The largest absolute Gasteiger partial charge is 0.356 e. The Balaban J connectivity index is 2.10. The van der Waals surface area contributed by atoms with Gasteiger partial charge in [0, 0.05) is 30.5 Å². The van der Waals surface area contributed by atoms with Gasteiger partial charge in [-0.1, -0.05) is 6.92 Å². The van der Waals surface area contributed by atoms with Crippen molar-refractivity contribution in [1.82, 2.24) is 10.3 Å². The fourth-order valence-corrected chi connectivity index (χ4v) is 2.50. The maximum Gasteiger partial charge on any atom is 0.220 e. The minimum Gasteiger partial charge on any atom is -0.356 e. The van der Waals surface area contributed by atoms with Crippen molar-refractivity contribution in [3.63, 3.8) is 0 Å². The first-order chi connectivity index (χ1) is 8.61. The predicted octanol–water partition coefficient (Wildman–Crippen LogP) is 1.88. The molecule has 0 radical (unpaired) electrons. The summed E-state index contributed by atoms with van der Waals surface area (Å²) >= 11 is 1.65. The third-order valence-electron chi connectivity index (χ3n) is 2.85. The van der Waals surface area contributed by atoms with Gasteiger partial charge in [0.2, 0.25) is 5.91 Å². The zero-order chi connectivity index (χ0) is 13.4. The van der Waals surface area contributed by atoms with E-state index in [1.165, 1.54) is 0 Å². The predicted molar refractivity (Wildman–Crippen MR) is 75.6 cm³/mol. The van der Waals surface area contributed by atoms with E-state index in [1.807, 2.05) is 12.3 Å². The standard InChI is InChI=1S/C13H23N3OS/c1-10(5-7-14)3-4-12(17)15-8-6-13-16-11(2)9-18-13/h9-10H,3-8,14H2,1-2H3,(H,15,17). The van der Waals surface area contributed by atoms with Gasteiger partial charge in [-0.05, 0) is 32.2 Å². The molecule has 0 bridgehead atoms. The number of hydrogen-bond acceptors (Lipinski definition) is 4. The summed E-state index contributed by atoms with van der Waals surface area (Å²) < 4.78 is 0. The van der Waals surface area contributed by atoms with Gasteiger partial charge < -0.3 is 11.1 Å². The highest BCUT2D eigenvalue weighted by molar-refractivity contribution is 7.09. The topological polar surface area (TPSA) is 68.0 Å². The van der Waals surface area contributed by atoms with E-state index in [1.54, 1.807) is 11.3 Å². The molecule has 1 aromatic heterocycles. The lowest BCUT2D eigenvalue weighted by Gasteiger charge is -2.09. The van der Waals surface area contributed by atoms with E-state index in [9.17, 15) is 4.79 Å². The summed E-state index contributed by atoms with van der Waals surface area (Å²) in [7, 11) is 0. The van der Waals surface area contributed by atoms with Crippen LogP contribution in [0.25, 0.3) is 0 Å². The monoisotopic (exact) mass is 269 g/mol. The lowest BCUT2D eigenvalue weighted by molar-refractivity contribution is -0.121. The molecule has 0 aliphatic rings. The van der Waals surface area contributed by atoms with Crippen molar-refractivity contribution >= 4 is 17.2 Å². The Morgan fingerprint density at radius 3 is 2.94 bits per heavy atom. The molecule has 0 fully saturated rings. The second kappa shape index (κ2) is 8.21. The highest BCUT2D eigenvalue weighted by Crippen LogP contribution is 2.10. The number of nitrogens with two attached hydrogens (primary N) is 1. The molecule has 0 saturated heterocycles. The third kappa shape index (κ3) is 6.12. The second-order valence-corrected chi connectivity index (χ2v) is 5.65. The average Bonchev–Trinajstić information content (AvgIpc) is 2.73. The number of aryl methyl sites for hydroxylation is 1. The zero-order valence-electron chi connectivity index (χ0n) is 11.2. The zero-order valence-corrected chi connectivity index (χ0v) is 12.1. The van der Waals surface area contributed by atoms with E-state index >= 15 is 0 Å². The van der Waals surface area contributed by atoms with Crippen molar-refractivity contribution in [2.75, 3.05) is 13.1 Å². The number of aromatic nitrogens is 1. The molecule has 4 nitrogen and oxygen atoms in total. The Morgan fingerprint density at radius 1 is 1.56 bits per heavy atom. The van der Waals surface area contributed by atoms with Crippen LogP contribution < -0.4 is 11.1 Å². The van der Waals surface area contributed by atoms with Crippen LogP contribution in [0.15, 0.2) is 5.38 Å². The summed E-state index contributed by atoms with van der Waals surface area (Å²) in [5.41, 5.74) is 6.53. The Labute approximate surface area is 113 Å². The number of carbonyl (C=O) groups excluding carboxylic acids is 1. The van der Waals surface area contributed by atoms with Crippen molar-refractivity contribution in [3.8, 4) is 0 Å². The van der Waals surface area contributed by atoms with E-state index in [0.717, 1.165) is 30.0 Å². The van der Waals surface area contributed by atoms with Gasteiger partial charge >= 0.3 is 0 Å². The van der Waals surface area contributed by atoms with Crippen LogP contribution >= 0.6 is 11.3 Å². The Kier molecular flexibility index (Phi) is 6.90. The van der Waals surface area contributed by atoms with Crippen molar-refractivity contribution in [1.29, 1.82) is 0 Å². The van der Waals surface area contributed by atoms with Gasteiger partial charge in [0.1, 0.15) is 0 Å². The number of rotatable bonds is 8. The van der Waals surface area contributed by atoms with E-state index in [0.29, 0.717) is 25.4 Å². The molecular formula is C13H23N3OS. The van der Waals surface area contributed by atoms with Crippen LogP contribution in [0, 0.1) is 12.8 Å². The van der Waals surface area contributed by atoms with Gasteiger partial charge in [-0.2, -0.15) is 0 Å². The highest BCUT2D eigenvalue weighted by Gasteiger charge is 2.06. The molecule has 5 heteroatoms. The molecule has 1 unspecified atom stereocenters. The van der Waals surface area contributed by atoms with Crippen molar-refractivity contribution in [3.05, 3.63) is 16.1 Å². The number of carbonyl (C=O) groups is 1. The Hall–Kier alpha value is -0.940. The SMILES string of the molecule is Cc1csc(CCNC(=O)CCC(C)CCN)n1. The van der Waals surface area contributed by atoms with Crippen molar-refractivity contribution in [2.45, 2.75) is 39.5 Å². The second-order valence-electron chi connectivity index (χ2n) is 4.70. The van der Waals surface area contributed by atoms with Crippen molar-refractivity contribution in [2.24, 2.45) is 11.7 Å². The van der Waals surface area contributed by atoms with Gasteiger partial charge in [0.25, 0.3) is 0 Å². The molecule has 0 aromatic carbocycles. The summed E-state index contributed by atoms with van der Waals surface area (Å²) in [6, 6.07) is 0. The number of amides is 1. The summed E-state index contributed by atoms with van der Waals surface area (Å²) in [6.45, 7) is 5.50. The maximum atomic E-state index is 11.6. The molecule has 1 heterocycles. The minimum absolute atomic E-state index is 0.132. The van der Waals surface area contributed by atoms with Crippen LogP contribution in [0.2, 0.25) is 0 Å². The van der Waals surface area contributed by atoms with Gasteiger partial charge in [0.05, 0.1) is 5.01 Å². The highest BCUT2D eigenvalue weighted by atomic mass is 32.1. The molecule has 3 N–H and O–H groups in total. The molecule has 0 saturated carbocycles. The van der Waals surface area contributed by atoms with Crippen LogP contribution in [0.5, 0.6) is 0 Å². The van der Waals surface area contributed by atoms with Crippen LogP contribution in [0.1, 0.15) is 36.9 Å². The first-order valence-electron chi connectivity index (χ1n) is 6.49. The molecule has 1 atom stereocenters. The number of thiazole rings is 1. The quantitative estimate of drug-likeness (QED) is 0.757. The molecule has 1 amide bonds. The van der Waals surface area contributed by atoms with E-state index < -0.39 is 0 Å². The molecule has 18 heavy (non-hydrogen) atoms. The molecular weight excluding hydrogens is 246 g/mol. The molecule has 0 aliphatic carbocycles. The Bertz CT molecular complexity index is 365. The summed E-state index contributed by atoms with van der Waals surface area (Å²) in [5, 5.41) is 6.06. The fraction of sp³-hybridized carbons (Fsp3) is 0.692. The van der Waals surface area contributed by atoms with Crippen molar-refractivity contribution < 1.29 is 4.79 Å². The van der Waals surface area contributed by atoms with Gasteiger partial charge in [-0.15, -0.1) is 11.3 Å². The number of hydrogen-bond donors (Lipinski definition) is 2. The molecule has 102 valence electrons. The lowest BCUT2D eigenvalue weighted by Crippen LogP contribution is -2.26. The number of nitrogens with one attached hydrogen (secondary N) is 1. The fourth-order valence-electron chi connectivity index (χ4n) is 1.72. The first kappa shape index (κ1) is 15.1. The average molecular weight is 269 g/mol. The van der Waals surface area contributed by atoms with Crippen LogP contribution in [-0.2, 0) is 11.2 Å². The van der Waals surface area contributed by atoms with E-state index in [4.69, 9.17) is 5.73 Å². The summed E-state index contributed by atoms with van der Waals surface area (Å²) in [5.74, 6) is 0.662. The minimum atomic E-state index is 0.132. The van der Waals surface area contributed by atoms with E-state index in [2.05, 4.69) is 17.2 Å². The van der Waals surface area contributed by atoms with Crippen LogP contribution in [0.3, 0.4) is 0 Å². The molecule has 1 rings (SSSR count). The maximum absolute atomic E-state index is 11.6. The first-order valence-corrected chi connectivity index (χ1v) is 7.37. The Morgan fingerprint density at radius 2 is 2.33 bits per heavy atom. The molecule has 0 aliphatic heterocycles. The normalized spacial score (nSPS) is 12.4. The van der Waals surface area contributed by atoms with E-state index in [-0.39, 0.29) is 5.91 Å². The molecule has 1 aromatic rings. The summed E-state index contributed by atoms with van der Waals surface area (Å²) in [6.07, 6.45) is 3.33. The smallest absolute Gasteiger partial charge is 0.220 e. The lowest BCUT2D eigenvalue weighted by atomic mass is 10.0.